The fraction of sp³-hybridized carbons (Fsp3) is 0.381. The van der Waals surface area contributed by atoms with Crippen molar-refractivity contribution in [3.8, 4) is 11.5 Å². The molecule has 2 aromatic rings. The van der Waals surface area contributed by atoms with Crippen molar-refractivity contribution < 1.29 is 14.3 Å². The van der Waals surface area contributed by atoms with Crippen LogP contribution >= 0.6 is 0 Å². The second kappa shape index (κ2) is 7.18. The van der Waals surface area contributed by atoms with Gasteiger partial charge in [-0.05, 0) is 51.0 Å². The van der Waals surface area contributed by atoms with E-state index in [1.54, 1.807) is 14.2 Å². The van der Waals surface area contributed by atoms with Gasteiger partial charge in [-0.1, -0.05) is 17.2 Å². The van der Waals surface area contributed by atoms with Gasteiger partial charge in [-0.2, -0.15) is 0 Å². The number of amides is 1. The van der Waals surface area contributed by atoms with Crippen LogP contribution in [0.5, 0.6) is 11.5 Å². The SMILES string of the molecule is COc1ccc([C@H]2CCCN2C(=O)c2cc(C)cc(C)c2)c(OC)c1. The zero-order chi connectivity index (χ0) is 18.0. The number of nitrogens with zero attached hydrogens (tertiary/aromatic N) is 1. The Morgan fingerprint density at radius 2 is 1.76 bits per heavy atom. The standard InChI is InChI=1S/C21H25NO3/c1-14-10-15(2)12-16(11-14)21(23)22-9-5-6-19(22)18-8-7-17(24-3)13-20(18)25-4/h7-8,10-13,19H,5-6,9H2,1-4H3/t19-/m1/s1. The van der Waals surface area contributed by atoms with Crippen LogP contribution < -0.4 is 9.47 Å². The predicted molar refractivity (Wildman–Crippen MR) is 98.5 cm³/mol. The Morgan fingerprint density at radius 1 is 1.04 bits per heavy atom. The molecule has 0 bridgehead atoms. The molecular formula is C21H25NO3. The fourth-order valence-corrected chi connectivity index (χ4v) is 3.69. The number of carbonyl (C=O) groups excluding carboxylic acids is 1. The van der Waals surface area contributed by atoms with Gasteiger partial charge < -0.3 is 14.4 Å². The first-order valence-corrected chi connectivity index (χ1v) is 8.64. The molecule has 1 aliphatic heterocycles. The van der Waals surface area contributed by atoms with Crippen LogP contribution in [0.15, 0.2) is 36.4 Å². The molecule has 1 fully saturated rings. The Hall–Kier alpha value is -2.49. The zero-order valence-electron chi connectivity index (χ0n) is 15.3. The summed E-state index contributed by atoms with van der Waals surface area (Å²) >= 11 is 0. The number of hydrogen-bond donors (Lipinski definition) is 0. The van der Waals surface area contributed by atoms with E-state index in [9.17, 15) is 4.79 Å². The van der Waals surface area contributed by atoms with Crippen molar-refractivity contribution in [1.29, 1.82) is 0 Å². The molecule has 1 heterocycles. The van der Waals surface area contributed by atoms with Crippen molar-refractivity contribution >= 4 is 5.91 Å². The molecular weight excluding hydrogens is 314 g/mol. The molecule has 1 saturated heterocycles. The Morgan fingerprint density at radius 3 is 2.40 bits per heavy atom. The van der Waals surface area contributed by atoms with Gasteiger partial charge in [0.2, 0.25) is 0 Å². The molecule has 0 radical (unpaired) electrons. The molecule has 132 valence electrons. The van der Waals surface area contributed by atoms with Gasteiger partial charge in [-0.25, -0.2) is 0 Å². The lowest BCUT2D eigenvalue weighted by molar-refractivity contribution is 0.0734. The van der Waals surface area contributed by atoms with E-state index in [1.165, 1.54) is 0 Å². The second-order valence-corrected chi connectivity index (χ2v) is 6.64. The molecule has 0 aliphatic carbocycles. The van der Waals surface area contributed by atoms with E-state index in [4.69, 9.17) is 9.47 Å². The number of likely N-dealkylation sites (tertiary alicyclic amines) is 1. The molecule has 0 N–H and O–H groups in total. The number of methoxy groups -OCH3 is 2. The molecule has 0 saturated carbocycles. The number of ether oxygens (including phenoxy) is 2. The summed E-state index contributed by atoms with van der Waals surface area (Å²) in [5.74, 6) is 1.61. The highest BCUT2D eigenvalue weighted by molar-refractivity contribution is 5.95. The van der Waals surface area contributed by atoms with Crippen molar-refractivity contribution in [1.82, 2.24) is 4.90 Å². The maximum Gasteiger partial charge on any atom is 0.254 e. The zero-order valence-corrected chi connectivity index (χ0v) is 15.3. The van der Waals surface area contributed by atoms with E-state index in [2.05, 4.69) is 6.07 Å². The van der Waals surface area contributed by atoms with Crippen LogP contribution in [0.1, 0.15) is 45.9 Å². The topological polar surface area (TPSA) is 38.8 Å². The van der Waals surface area contributed by atoms with E-state index in [0.29, 0.717) is 0 Å². The number of benzene rings is 2. The summed E-state index contributed by atoms with van der Waals surface area (Å²) in [7, 11) is 3.29. The molecule has 3 rings (SSSR count). The van der Waals surface area contributed by atoms with E-state index in [-0.39, 0.29) is 11.9 Å². The summed E-state index contributed by atoms with van der Waals surface area (Å²) in [4.78, 5) is 15.1. The van der Waals surface area contributed by atoms with Crippen LogP contribution in [0, 0.1) is 13.8 Å². The van der Waals surface area contributed by atoms with Crippen molar-refractivity contribution in [3.05, 3.63) is 58.7 Å². The molecule has 25 heavy (non-hydrogen) atoms. The highest BCUT2D eigenvalue weighted by Gasteiger charge is 2.32. The number of aryl methyl sites for hydroxylation is 2. The second-order valence-electron chi connectivity index (χ2n) is 6.64. The Bertz CT molecular complexity index is 764. The van der Waals surface area contributed by atoms with Gasteiger partial charge in [0.25, 0.3) is 5.91 Å². The minimum absolute atomic E-state index is 0.0363. The first-order chi connectivity index (χ1) is 12.0. The Labute approximate surface area is 149 Å². The number of hydrogen-bond acceptors (Lipinski definition) is 3. The number of rotatable bonds is 4. The van der Waals surface area contributed by atoms with Crippen molar-refractivity contribution in [2.75, 3.05) is 20.8 Å². The quantitative estimate of drug-likeness (QED) is 0.834. The maximum atomic E-state index is 13.1. The highest BCUT2D eigenvalue weighted by Crippen LogP contribution is 2.39. The lowest BCUT2D eigenvalue weighted by Crippen LogP contribution is -2.30. The van der Waals surface area contributed by atoms with Crippen molar-refractivity contribution in [3.63, 3.8) is 0 Å². The van der Waals surface area contributed by atoms with Crippen LogP contribution in [0.4, 0.5) is 0 Å². The molecule has 0 aromatic heterocycles. The summed E-state index contributed by atoms with van der Waals surface area (Å²) in [5, 5.41) is 0. The third kappa shape index (κ3) is 3.48. The molecule has 1 aliphatic rings. The first kappa shape index (κ1) is 17.3. The molecule has 4 heteroatoms. The normalized spacial score (nSPS) is 16.8. The summed E-state index contributed by atoms with van der Waals surface area (Å²) in [6.45, 7) is 4.82. The van der Waals surface area contributed by atoms with Crippen LogP contribution in [-0.4, -0.2) is 31.6 Å². The summed E-state index contributed by atoms with van der Waals surface area (Å²) in [6, 6.07) is 11.9. The summed E-state index contributed by atoms with van der Waals surface area (Å²) in [5.41, 5.74) is 4.03. The monoisotopic (exact) mass is 339 g/mol. The van der Waals surface area contributed by atoms with Gasteiger partial charge in [0.15, 0.2) is 0 Å². The van der Waals surface area contributed by atoms with Crippen molar-refractivity contribution in [2.45, 2.75) is 32.7 Å². The van der Waals surface area contributed by atoms with Gasteiger partial charge in [0.05, 0.1) is 20.3 Å². The minimum Gasteiger partial charge on any atom is -0.497 e. The molecule has 4 nitrogen and oxygen atoms in total. The smallest absolute Gasteiger partial charge is 0.254 e. The van der Waals surface area contributed by atoms with Gasteiger partial charge in [-0.15, -0.1) is 0 Å². The van der Waals surface area contributed by atoms with Gasteiger partial charge >= 0.3 is 0 Å². The fourth-order valence-electron chi connectivity index (χ4n) is 3.69. The van der Waals surface area contributed by atoms with Gasteiger partial charge in [0, 0.05) is 23.7 Å². The van der Waals surface area contributed by atoms with E-state index < -0.39 is 0 Å². The molecule has 1 atom stereocenters. The van der Waals surface area contributed by atoms with Crippen LogP contribution in [0.3, 0.4) is 0 Å². The van der Waals surface area contributed by atoms with E-state index in [1.807, 2.05) is 49.1 Å². The van der Waals surface area contributed by atoms with Gasteiger partial charge in [-0.3, -0.25) is 4.79 Å². The first-order valence-electron chi connectivity index (χ1n) is 8.64. The molecule has 0 spiro atoms. The summed E-state index contributed by atoms with van der Waals surface area (Å²) in [6.07, 6.45) is 1.94. The number of carbonyl (C=O) groups is 1. The minimum atomic E-state index is 0.0363. The summed E-state index contributed by atoms with van der Waals surface area (Å²) < 4.78 is 10.8. The lowest BCUT2D eigenvalue weighted by Gasteiger charge is -2.27. The van der Waals surface area contributed by atoms with Gasteiger partial charge in [0.1, 0.15) is 11.5 Å². The lowest BCUT2D eigenvalue weighted by atomic mass is 10.0. The Kier molecular flexibility index (Phi) is 4.98. The third-order valence-corrected chi connectivity index (χ3v) is 4.78. The van der Waals surface area contributed by atoms with E-state index in [0.717, 1.165) is 53.1 Å². The Balaban J connectivity index is 1.94. The predicted octanol–water partition coefficient (Wildman–Crippen LogP) is 4.30. The average Bonchev–Trinajstić information content (AvgIpc) is 3.09. The molecule has 1 amide bonds. The van der Waals surface area contributed by atoms with Crippen LogP contribution in [0.25, 0.3) is 0 Å². The maximum absolute atomic E-state index is 13.1. The van der Waals surface area contributed by atoms with Crippen molar-refractivity contribution in [2.24, 2.45) is 0 Å². The molecule has 2 aromatic carbocycles. The molecule has 0 unspecified atom stereocenters. The largest absolute Gasteiger partial charge is 0.497 e. The van der Waals surface area contributed by atoms with E-state index >= 15 is 0 Å². The van der Waals surface area contributed by atoms with Crippen LogP contribution in [-0.2, 0) is 0 Å². The average molecular weight is 339 g/mol. The third-order valence-electron chi connectivity index (χ3n) is 4.78. The van der Waals surface area contributed by atoms with Crippen LogP contribution in [0.2, 0.25) is 0 Å². The highest BCUT2D eigenvalue weighted by atomic mass is 16.5.